The van der Waals surface area contributed by atoms with Gasteiger partial charge in [-0.2, -0.15) is 0 Å². The first-order chi connectivity index (χ1) is 15.8. The maximum atomic E-state index is 13.7. The molecule has 0 unspecified atom stereocenters. The number of nitrogens with two attached hydrogens (primary N) is 1. The zero-order valence-corrected chi connectivity index (χ0v) is 17.9. The molecule has 33 heavy (non-hydrogen) atoms. The summed E-state index contributed by atoms with van der Waals surface area (Å²) in [5.74, 6) is -1.32. The molecule has 5 rings (SSSR count). The van der Waals surface area contributed by atoms with Crippen LogP contribution in [0.2, 0.25) is 0 Å². The van der Waals surface area contributed by atoms with Gasteiger partial charge in [-0.15, -0.1) is 0 Å². The third kappa shape index (κ3) is 3.29. The molecule has 166 valence electrons. The van der Waals surface area contributed by atoms with E-state index in [2.05, 4.69) is 11.5 Å². The summed E-state index contributed by atoms with van der Waals surface area (Å²) >= 11 is 0. The Balaban J connectivity index is 1.91. The second-order valence-corrected chi connectivity index (χ2v) is 8.61. The first-order valence-electron chi connectivity index (χ1n) is 10.5. The molecular weight excluding hydrogens is 421 g/mol. The van der Waals surface area contributed by atoms with Crippen molar-refractivity contribution < 1.29 is 19.0 Å². The van der Waals surface area contributed by atoms with Gasteiger partial charge in [0, 0.05) is 39.8 Å². The number of nitrogens with zero attached hydrogens (tertiary/aromatic N) is 1. The molecule has 0 aliphatic carbocycles. The summed E-state index contributed by atoms with van der Waals surface area (Å²) < 4.78 is 21.4. The Labute approximate surface area is 189 Å². The van der Waals surface area contributed by atoms with Crippen LogP contribution >= 0.6 is 0 Å². The number of nitrogens with one attached hydrogen (secondary N) is 1. The summed E-state index contributed by atoms with van der Waals surface area (Å²) in [7, 11) is 0. The van der Waals surface area contributed by atoms with Gasteiger partial charge in [-0.3, -0.25) is 0 Å². The van der Waals surface area contributed by atoms with Gasteiger partial charge in [-0.1, -0.05) is 12.1 Å². The molecule has 0 atom stereocenters. The Bertz CT molecular complexity index is 1400. The van der Waals surface area contributed by atoms with Gasteiger partial charge in [0.25, 0.3) is 0 Å². The smallest absolute Gasteiger partial charge is 0.335 e. The molecule has 6 nitrogen and oxygen atoms in total. The van der Waals surface area contributed by atoms with Crippen molar-refractivity contribution in [3.8, 4) is 16.8 Å². The molecular formula is C26H22FN3O3. The number of carboxylic acids is 1. The van der Waals surface area contributed by atoms with Gasteiger partial charge in [0.15, 0.2) is 0 Å². The quantitative estimate of drug-likeness (QED) is 0.298. The Morgan fingerprint density at radius 1 is 1.15 bits per heavy atom. The monoisotopic (exact) mass is 443 g/mol. The molecule has 7 heteroatoms. The van der Waals surface area contributed by atoms with Gasteiger partial charge >= 0.3 is 5.97 Å². The molecule has 1 aromatic heterocycles. The maximum absolute atomic E-state index is 13.7. The van der Waals surface area contributed by atoms with Crippen LogP contribution in [0.4, 0.5) is 10.1 Å². The van der Waals surface area contributed by atoms with Crippen LogP contribution in [0, 0.1) is 11.2 Å². The van der Waals surface area contributed by atoms with Crippen molar-refractivity contribution in [2.45, 2.75) is 12.3 Å². The summed E-state index contributed by atoms with van der Waals surface area (Å²) in [6.45, 7) is 3.13. The lowest BCUT2D eigenvalue weighted by molar-refractivity contribution is -0.0523. The number of hydrogen-bond donors (Lipinski definition) is 3. The number of carbonyl (C=O) groups is 1. The number of fused-ring (bicyclic) bond motifs is 1. The molecule has 0 amide bonds. The standard InChI is InChI=1S/C26H22FN3O3/c1-26(13-33-14-26)24-23(15-2-4-16(5-3-15)25(31)32)20-11-21(29)17(12-28)10-22(20)30(24)19-8-6-18(27)7-9-19/h2-12,28H,13-14,29H2,1H3,(H,31,32). The van der Waals surface area contributed by atoms with Gasteiger partial charge < -0.3 is 25.6 Å². The molecule has 3 aromatic carbocycles. The van der Waals surface area contributed by atoms with Gasteiger partial charge in [-0.25, -0.2) is 9.18 Å². The SMILES string of the molecule is CC1(c2c(-c3ccc(C(=O)O)cc3)c3cc(N)c(C=N)cc3n2-c2ccc(F)cc2)COC1. The minimum absolute atomic E-state index is 0.200. The van der Waals surface area contributed by atoms with Crippen molar-refractivity contribution in [3.63, 3.8) is 0 Å². The molecule has 0 bridgehead atoms. The molecule has 1 aliphatic rings. The van der Waals surface area contributed by atoms with E-state index in [0.29, 0.717) is 24.5 Å². The normalized spacial score (nSPS) is 14.7. The summed E-state index contributed by atoms with van der Waals surface area (Å²) in [5, 5.41) is 18.0. The van der Waals surface area contributed by atoms with Crippen molar-refractivity contribution in [2.24, 2.45) is 0 Å². The van der Waals surface area contributed by atoms with Crippen LogP contribution in [0.1, 0.15) is 28.5 Å². The molecule has 1 fully saturated rings. The lowest BCUT2D eigenvalue weighted by Crippen LogP contribution is -2.45. The van der Waals surface area contributed by atoms with E-state index in [1.165, 1.54) is 18.3 Å². The average Bonchev–Trinajstić information content (AvgIpc) is 3.11. The fourth-order valence-electron chi connectivity index (χ4n) is 4.54. The average molecular weight is 443 g/mol. The molecule has 0 radical (unpaired) electrons. The minimum atomic E-state index is -0.991. The third-order valence-electron chi connectivity index (χ3n) is 6.25. The van der Waals surface area contributed by atoms with Crippen molar-refractivity contribution >= 4 is 28.8 Å². The highest BCUT2D eigenvalue weighted by Gasteiger charge is 2.41. The number of aromatic nitrogens is 1. The first-order valence-corrected chi connectivity index (χ1v) is 10.5. The predicted octanol–water partition coefficient (Wildman–Crippen LogP) is 5.00. The summed E-state index contributed by atoms with van der Waals surface area (Å²) in [6, 6.07) is 16.7. The van der Waals surface area contributed by atoms with Crippen molar-refractivity contribution in [2.75, 3.05) is 18.9 Å². The van der Waals surface area contributed by atoms with Crippen LogP contribution in [-0.2, 0) is 10.2 Å². The molecule has 1 aliphatic heterocycles. The first kappa shape index (κ1) is 20.9. The summed E-state index contributed by atoms with van der Waals surface area (Å²) in [6.07, 6.45) is 1.21. The number of carboxylic acid groups (broad SMARTS) is 1. The van der Waals surface area contributed by atoms with Crippen molar-refractivity contribution in [1.82, 2.24) is 4.57 Å². The molecule has 2 heterocycles. The Morgan fingerprint density at radius 3 is 2.36 bits per heavy atom. The molecule has 4 N–H and O–H groups in total. The van der Waals surface area contributed by atoms with Gasteiger partial charge in [-0.05, 0) is 61.0 Å². The van der Waals surface area contributed by atoms with E-state index in [4.69, 9.17) is 15.9 Å². The van der Waals surface area contributed by atoms with Crippen molar-refractivity contribution in [1.29, 1.82) is 5.41 Å². The van der Waals surface area contributed by atoms with Gasteiger partial charge in [0.2, 0.25) is 0 Å². The minimum Gasteiger partial charge on any atom is -0.478 e. The summed E-state index contributed by atoms with van der Waals surface area (Å²) in [4.78, 5) is 11.4. The lowest BCUT2D eigenvalue weighted by atomic mass is 9.80. The van der Waals surface area contributed by atoms with E-state index in [1.807, 2.05) is 12.1 Å². The largest absolute Gasteiger partial charge is 0.478 e. The Hall–Kier alpha value is -3.97. The van der Waals surface area contributed by atoms with E-state index >= 15 is 0 Å². The van der Waals surface area contributed by atoms with Gasteiger partial charge in [0.1, 0.15) is 5.82 Å². The van der Waals surface area contributed by atoms with E-state index in [9.17, 15) is 14.3 Å². The van der Waals surface area contributed by atoms with Crippen LogP contribution in [0.5, 0.6) is 0 Å². The number of rotatable bonds is 5. The zero-order valence-electron chi connectivity index (χ0n) is 17.9. The highest BCUT2D eigenvalue weighted by molar-refractivity contribution is 6.05. The highest BCUT2D eigenvalue weighted by atomic mass is 19.1. The maximum Gasteiger partial charge on any atom is 0.335 e. The van der Waals surface area contributed by atoms with E-state index in [0.717, 1.165) is 33.4 Å². The Kier molecular flexibility index (Phi) is 4.79. The predicted molar refractivity (Wildman–Crippen MR) is 126 cm³/mol. The van der Waals surface area contributed by atoms with E-state index < -0.39 is 5.97 Å². The number of ether oxygens (including phenoxy) is 1. The second-order valence-electron chi connectivity index (χ2n) is 8.61. The molecule has 0 spiro atoms. The lowest BCUT2D eigenvalue weighted by Gasteiger charge is -2.40. The summed E-state index contributed by atoms with van der Waals surface area (Å²) in [5.41, 5.74) is 11.5. The molecule has 4 aromatic rings. The molecule has 0 saturated carbocycles. The number of halogens is 1. The number of benzene rings is 3. The highest BCUT2D eigenvalue weighted by Crippen LogP contribution is 2.46. The zero-order chi connectivity index (χ0) is 23.3. The van der Waals surface area contributed by atoms with Crippen LogP contribution in [0.15, 0.2) is 60.7 Å². The number of nitrogen functional groups attached to an aromatic ring is 1. The van der Waals surface area contributed by atoms with Crippen LogP contribution in [-0.4, -0.2) is 35.1 Å². The third-order valence-corrected chi connectivity index (χ3v) is 6.25. The topological polar surface area (TPSA) is 101 Å². The van der Waals surface area contributed by atoms with E-state index in [1.54, 1.807) is 36.4 Å². The van der Waals surface area contributed by atoms with E-state index in [-0.39, 0.29) is 16.8 Å². The Morgan fingerprint density at radius 2 is 1.82 bits per heavy atom. The second kappa shape index (κ2) is 7.56. The number of anilines is 1. The fourth-order valence-corrected chi connectivity index (χ4v) is 4.54. The van der Waals surface area contributed by atoms with Crippen LogP contribution < -0.4 is 5.73 Å². The van der Waals surface area contributed by atoms with Crippen LogP contribution in [0.3, 0.4) is 0 Å². The fraction of sp³-hybridized carbons (Fsp3) is 0.154. The van der Waals surface area contributed by atoms with Gasteiger partial charge in [0.05, 0.1) is 29.7 Å². The van der Waals surface area contributed by atoms with Crippen LogP contribution in [0.25, 0.3) is 27.7 Å². The number of hydrogen-bond acceptors (Lipinski definition) is 4. The molecule has 1 saturated heterocycles. The number of aromatic carboxylic acids is 1. The van der Waals surface area contributed by atoms with Crippen molar-refractivity contribution in [3.05, 3.63) is 83.3 Å².